The van der Waals surface area contributed by atoms with Crippen LogP contribution in [-0.2, 0) is 33.8 Å². The molecule has 1 aliphatic rings. The number of hydrogen-bond donors (Lipinski definition) is 2. The molecule has 2 atom stereocenters. The van der Waals surface area contributed by atoms with Crippen LogP contribution in [0.15, 0.2) is 53.1 Å². The van der Waals surface area contributed by atoms with Gasteiger partial charge in [-0.05, 0) is 48.2 Å². The number of nitrogens with one attached hydrogen (secondary N) is 1. The largest absolute Gasteiger partial charge is 0.487 e. The van der Waals surface area contributed by atoms with E-state index in [-0.39, 0.29) is 24.8 Å². The van der Waals surface area contributed by atoms with E-state index in [2.05, 4.69) is 10.5 Å². The first-order valence-electron chi connectivity index (χ1n) is 12.1. The second-order valence-corrected chi connectivity index (χ2v) is 9.96. The van der Waals surface area contributed by atoms with Crippen molar-refractivity contribution >= 4 is 41.0 Å². The predicted octanol–water partition coefficient (Wildman–Crippen LogP) is 4.60. The Bertz CT molecular complexity index is 1310. The van der Waals surface area contributed by atoms with Gasteiger partial charge in [0.2, 0.25) is 11.8 Å². The van der Waals surface area contributed by atoms with Gasteiger partial charge in [-0.25, -0.2) is 4.79 Å². The van der Waals surface area contributed by atoms with Gasteiger partial charge in [-0.3, -0.25) is 9.59 Å². The van der Waals surface area contributed by atoms with E-state index in [1.807, 2.05) is 18.2 Å². The third-order valence-electron chi connectivity index (χ3n) is 6.23. The Morgan fingerprint density at radius 3 is 2.58 bits per heavy atom. The number of aromatic nitrogens is 1. The van der Waals surface area contributed by atoms with E-state index in [0.29, 0.717) is 46.8 Å². The smallest absolute Gasteiger partial charge is 0.326 e. The van der Waals surface area contributed by atoms with Gasteiger partial charge in [0.25, 0.3) is 0 Å². The first kappa shape index (κ1) is 27.5. The zero-order chi connectivity index (χ0) is 27.2. The van der Waals surface area contributed by atoms with E-state index in [4.69, 9.17) is 32.5 Å². The predicted molar refractivity (Wildman–Crippen MR) is 140 cm³/mol. The van der Waals surface area contributed by atoms with Crippen molar-refractivity contribution in [1.29, 1.82) is 0 Å². The molecule has 1 aliphatic heterocycles. The van der Waals surface area contributed by atoms with Gasteiger partial charge in [0.05, 0.1) is 17.5 Å². The van der Waals surface area contributed by atoms with Crippen molar-refractivity contribution in [1.82, 2.24) is 15.4 Å². The van der Waals surface area contributed by atoms with Gasteiger partial charge in [-0.2, -0.15) is 0 Å². The molecule has 0 aliphatic carbocycles. The maximum Gasteiger partial charge on any atom is 0.326 e. The van der Waals surface area contributed by atoms with Crippen LogP contribution in [0.2, 0.25) is 10.0 Å². The molecule has 4 rings (SSSR count). The van der Waals surface area contributed by atoms with E-state index in [1.54, 1.807) is 35.2 Å². The lowest BCUT2D eigenvalue weighted by atomic mass is 10.1. The summed E-state index contributed by atoms with van der Waals surface area (Å²) in [5.74, 6) is -0.862. The molecule has 1 aromatic heterocycles. The molecule has 2 aromatic carbocycles. The van der Waals surface area contributed by atoms with Gasteiger partial charge in [0.1, 0.15) is 29.9 Å². The van der Waals surface area contributed by atoms with Crippen LogP contribution in [0.5, 0.6) is 5.75 Å². The number of amides is 2. The monoisotopic (exact) mass is 559 g/mol. The van der Waals surface area contributed by atoms with Gasteiger partial charge >= 0.3 is 5.97 Å². The van der Waals surface area contributed by atoms with E-state index in [1.165, 1.54) is 6.92 Å². The van der Waals surface area contributed by atoms with E-state index in [9.17, 15) is 19.5 Å². The fraction of sp³-hybridized carbons (Fsp3) is 0.333. The number of aliphatic carboxylic acids is 1. The summed E-state index contributed by atoms with van der Waals surface area (Å²) in [6.07, 6.45) is 1.63. The van der Waals surface area contributed by atoms with Crippen LogP contribution in [0.3, 0.4) is 0 Å². The molecule has 0 radical (unpaired) electrons. The van der Waals surface area contributed by atoms with Crippen LogP contribution in [0, 0.1) is 0 Å². The van der Waals surface area contributed by atoms with E-state index < -0.39 is 17.9 Å². The van der Waals surface area contributed by atoms with Crippen LogP contribution < -0.4 is 10.1 Å². The minimum Gasteiger partial charge on any atom is -0.487 e. The molecule has 0 spiro atoms. The molecule has 11 heteroatoms. The van der Waals surface area contributed by atoms with Crippen LogP contribution in [0.1, 0.15) is 48.4 Å². The molecule has 1 saturated heterocycles. The highest BCUT2D eigenvalue weighted by atomic mass is 35.5. The molecule has 38 heavy (non-hydrogen) atoms. The molecule has 200 valence electrons. The normalized spacial score (nSPS) is 15.8. The van der Waals surface area contributed by atoms with E-state index in [0.717, 1.165) is 17.5 Å². The van der Waals surface area contributed by atoms with Crippen molar-refractivity contribution < 1.29 is 28.8 Å². The van der Waals surface area contributed by atoms with Gasteiger partial charge in [0, 0.05) is 31.0 Å². The number of nitrogens with zero attached hydrogens (tertiary/aromatic N) is 2. The number of carboxylic acids is 1. The summed E-state index contributed by atoms with van der Waals surface area (Å²) >= 11 is 12.3. The summed E-state index contributed by atoms with van der Waals surface area (Å²) in [6, 6.07) is 12.9. The number of hydrogen-bond acceptors (Lipinski definition) is 6. The minimum absolute atomic E-state index is 0.0481. The highest BCUT2D eigenvalue weighted by Crippen LogP contribution is 2.33. The maximum absolute atomic E-state index is 13.2. The average molecular weight is 560 g/mol. The topological polar surface area (TPSA) is 122 Å². The Balaban J connectivity index is 1.37. The number of halogens is 2. The lowest BCUT2D eigenvalue weighted by Gasteiger charge is -2.23. The Labute approximate surface area is 229 Å². The number of rotatable bonds is 10. The van der Waals surface area contributed by atoms with Crippen molar-refractivity contribution in [3.8, 4) is 5.75 Å². The zero-order valence-electron chi connectivity index (χ0n) is 20.7. The Kier molecular flexibility index (Phi) is 8.91. The number of likely N-dealkylation sites (tertiary alicyclic amines) is 1. The molecule has 2 N–H and O–H groups in total. The molecular weight excluding hydrogens is 533 g/mol. The molecular formula is C27H27Cl2N3O6. The summed E-state index contributed by atoms with van der Waals surface area (Å²) in [5, 5.41) is 16.9. The molecule has 1 fully saturated rings. The fourth-order valence-electron chi connectivity index (χ4n) is 4.39. The summed E-state index contributed by atoms with van der Waals surface area (Å²) in [6.45, 7) is 2.16. The Hall–Kier alpha value is -3.56. The standard InChI is InChI=1S/C27H27Cl2N3O6/c1-16(33)30-23(27(35)36)14-20-13-22(31-38-20)24-3-2-10-32(24)26(34)12-18-6-9-25(21(29)11-18)37-15-17-4-7-19(28)8-5-17/h4-9,11,13,23-24H,2-3,10,12,14-15H2,1H3,(H,30,33)(H,35,36). The van der Waals surface area contributed by atoms with E-state index >= 15 is 0 Å². The van der Waals surface area contributed by atoms with Crippen molar-refractivity contribution in [2.45, 2.75) is 51.3 Å². The van der Waals surface area contributed by atoms with Gasteiger partial charge in [-0.1, -0.05) is 46.6 Å². The molecule has 9 nitrogen and oxygen atoms in total. The fourth-order valence-corrected chi connectivity index (χ4v) is 4.77. The Morgan fingerprint density at radius 1 is 1.16 bits per heavy atom. The van der Waals surface area contributed by atoms with Crippen molar-refractivity contribution in [2.75, 3.05) is 6.54 Å². The second kappa shape index (κ2) is 12.3. The molecule has 0 saturated carbocycles. The summed E-state index contributed by atoms with van der Waals surface area (Å²) in [4.78, 5) is 37.7. The SMILES string of the molecule is CC(=O)NC(Cc1cc(C2CCCN2C(=O)Cc2ccc(OCc3ccc(Cl)cc3)c(Cl)c2)no1)C(=O)O. The lowest BCUT2D eigenvalue weighted by Crippen LogP contribution is -2.41. The number of carboxylic acid groups (broad SMARTS) is 1. The van der Waals surface area contributed by atoms with Crippen molar-refractivity contribution in [3.05, 3.63) is 81.2 Å². The van der Waals surface area contributed by atoms with Crippen molar-refractivity contribution in [3.63, 3.8) is 0 Å². The van der Waals surface area contributed by atoms with Crippen LogP contribution in [0.4, 0.5) is 0 Å². The molecule has 2 heterocycles. The van der Waals surface area contributed by atoms with Gasteiger partial charge in [-0.15, -0.1) is 0 Å². The molecule has 2 amide bonds. The number of carbonyl (C=O) groups is 3. The van der Waals surface area contributed by atoms with Crippen LogP contribution in [0.25, 0.3) is 0 Å². The quantitative estimate of drug-likeness (QED) is 0.372. The first-order chi connectivity index (χ1) is 18.2. The number of ether oxygens (including phenoxy) is 1. The number of benzene rings is 2. The summed E-state index contributed by atoms with van der Waals surface area (Å²) < 4.78 is 11.1. The minimum atomic E-state index is -1.17. The van der Waals surface area contributed by atoms with Crippen LogP contribution >= 0.6 is 23.2 Å². The first-order valence-corrected chi connectivity index (χ1v) is 12.9. The lowest BCUT2D eigenvalue weighted by molar-refractivity contribution is -0.141. The Morgan fingerprint density at radius 2 is 1.89 bits per heavy atom. The molecule has 2 unspecified atom stereocenters. The highest BCUT2D eigenvalue weighted by molar-refractivity contribution is 6.32. The zero-order valence-corrected chi connectivity index (χ0v) is 22.2. The van der Waals surface area contributed by atoms with Crippen molar-refractivity contribution in [2.24, 2.45) is 0 Å². The average Bonchev–Trinajstić information content (AvgIpc) is 3.53. The molecule has 0 bridgehead atoms. The third-order valence-corrected chi connectivity index (χ3v) is 6.78. The highest BCUT2D eigenvalue weighted by Gasteiger charge is 2.33. The molecule has 3 aromatic rings. The second-order valence-electron chi connectivity index (χ2n) is 9.12. The third kappa shape index (κ3) is 7.05. The maximum atomic E-state index is 13.2. The summed E-state index contributed by atoms with van der Waals surface area (Å²) in [7, 11) is 0. The number of carbonyl (C=O) groups excluding carboxylic acids is 2. The van der Waals surface area contributed by atoms with Gasteiger partial charge in [0.15, 0.2) is 0 Å². The van der Waals surface area contributed by atoms with Crippen LogP contribution in [-0.4, -0.2) is 45.5 Å². The van der Waals surface area contributed by atoms with Gasteiger partial charge < -0.3 is 24.6 Å². The summed E-state index contributed by atoms with van der Waals surface area (Å²) in [5.41, 5.74) is 2.26.